The molecule has 0 aliphatic heterocycles. The Hall–Kier alpha value is -7.72. The van der Waals surface area contributed by atoms with Gasteiger partial charge in [-0.1, -0.05) is 153 Å². The number of nitrogens with zero attached hydrogens (tertiary/aromatic N) is 2. The molecule has 0 fully saturated rings. The molecular weight excluding hydrogens is 793 g/mol. The topological polar surface area (TPSA) is 8.17 Å². The molecular formula is C61H40N2S. The van der Waals surface area contributed by atoms with Crippen molar-refractivity contribution in [3.63, 3.8) is 0 Å². The number of para-hydroxylation sites is 1. The molecule has 14 rings (SSSR count). The van der Waals surface area contributed by atoms with E-state index in [0.29, 0.717) is 0 Å². The number of hydrogen-bond donors (Lipinski definition) is 0. The van der Waals surface area contributed by atoms with Crippen LogP contribution in [0.15, 0.2) is 206 Å². The minimum Gasteiger partial charge on any atom is -0.310 e. The first-order chi connectivity index (χ1) is 31.5. The van der Waals surface area contributed by atoms with Crippen molar-refractivity contribution in [3.05, 3.63) is 217 Å². The molecule has 0 N–H and O–H groups in total. The quantitative estimate of drug-likeness (QED) is 0.168. The first-order valence-corrected chi connectivity index (χ1v) is 23.1. The second-order valence-electron chi connectivity index (χ2n) is 18.0. The number of anilines is 3. The minimum absolute atomic E-state index is 0.0790. The lowest BCUT2D eigenvalue weighted by Crippen LogP contribution is -2.16. The van der Waals surface area contributed by atoms with Gasteiger partial charge in [0, 0.05) is 64.7 Å². The van der Waals surface area contributed by atoms with E-state index in [9.17, 15) is 0 Å². The molecule has 12 aromatic rings. The fourth-order valence-corrected chi connectivity index (χ4v) is 12.6. The lowest BCUT2D eigenvalue weighted by molar-refractivity contribution is 0.660. The Morgan fingerprint density at radius 3 is 1.89 bits per heavy atom. The van der Waals surface area contributed by atoms with E-state index in [1.54, 1.807) is 0 Å². The van der Waals surface area contributed by atoms with Crippen molar-refractivity contribution in [2.24, 2.45) is 0 Å². The van der Waals surface area contributed by atoms with Crippen LogP contribution in [0.25, 0.3) is 103 Å². The Bertz CT molecular complexity index is 3910. The third kappa shape index (κ3) is 4.90. The maximum absolute atomic E-state index is 2.52. The largest absolute Gasteiger partial charge is 0.310 e. The zero-order valence-corrected chi connectivity index (χ0v) is 36.2. The van der Waals surface area contributed by atoms with Gasteiger partial charge in [0.05, 0.1) is 11.0 Å². The van der Waals surface area contributed by atoms with Crippen molar-refractivity contribution in [3.8, 4) is 50.2 Å². The third-order valence-corrected chi connectivity index (χ3v) is 15.4. The summed E-state index contributed by atoms with van der Waals surface area (Å²) in [6.07, 6.45) is 0. The summed E-state index contributed by atoms with van der Waals surface area (Å²) in [4.78, 5) is 2.39. The highest BCUT2D eigenvalue weighted by atomic mass is 32.1. The summed E-state index contributed by atoms with van der Waals surface area (Å²) in [5.41, 5.74) is 20.1. The average Bonchev–Trinajstić information content (AvgIpc) is 3.93. The van der Waals surface area contributed by atoms with E-state index in [2.05, 4.69) is 230 Å². The third-order valence-electron chi connectivity index (χ3n) is 14.3. The maximum Gasteiger partial charge on any atom is 0.0562 e. The average molecular weight is 833 g/mol. The summed E-state index contributed by atoms with van der Waals surface area (Å²) in [5.74, 6) is 0. The van der Waals surface area contributed by atoms with E-state index in [0.717, 1.165) is 22.7 Å². The number of aromatic nitrogens is 1. The fourth-order valence-electron chi connectivity index (χ4n) is 11.4. The summed E-state index contributed by atoms with van der Waals surface area (Å²) in [7, 11) is 0. The molecule has 2 aliphatic carbocycles. The van der Waals surface area contributed by atoms with Gasteiger partial charge in [0.2, 0.25) is 0 Å². The predicted octanol–water partition coefficient (Wildman–Crippen LogP) is 17.4. The van der Waals surface area contributed by atoms with Crippen LogP contribution in [-0.4, -0.2) is 4.57 Å². The molecule has 2 heterocycles. The van der Waals surface area contributed by atoms with Crippen molar-refractivity contribution in [2.45, 2.75) is 19.3 Å². The Morgan fingerprint density at radius 1 is 0.406 bits per heavy atom. The molecule has 2 aliphatic rings. The van der Waals surface area contributed by atoms with Crippen molar-refractivity contribution in [1.29, 1.82) is 0 Å². The minimum atomic E-state index is -0.0790. The highest BCUT2D eigenvalue weighted by molar-refractivity contribution is 7.26. The van der Waals surface area contributed by atoms with Crippen molar-refractivity contribution in [2.75, 3.05) is 4.90 Å². The summed E-state index contributed by atoms with van der Waals surface area (Å²) >= 11 is 1.90. The Morgan fingerprint density at radius 2 is 1.06 bits per heavy atom. The molecule has 0 unspecified atom stereocenters. The summed E-state index contributed by atoms with van der Waals surface area (Å²) in [5, 5.41) is 7.98. The van der Waals surface area contributed by atoms with E-state index in [1.165, 1.54) is 108 Å². The van der Waals surface area contributed by atoms with Gasteiger partial charge in [0.15, 0.2) is 0 Å². The van der Waals surface area contributed by atoms with Crippen LogP contribution >= 0.6 is 11.3 Å². The van der Waals surface area contributed by atoms with E-state index in [-0.39, 0.29) is 5.41 Å². The first-order valence-electron chi connectivity index (χ1n) is 22.3. The molecule has 2 nitrogen and oxygen atoms in total. The van der Waals surface area contributed by atoms with Crippen LogP contribution in [0, 0.1) is 0 Å². The molecule has 64 heavy (non-hydrogen) atoms. The first kappa shape index (κ1) is 35.8. The van der Waals surface area contributed by atoms with E-state index < -0.39 is 0 Å². The van der Waals surface area contributed by atoms with Gasteiger partial charge in [0.1, 0.15) is 0 Å². The van der Waals surface area contributed by atoms with Crippen molar-refractivity contribution in [1.82, 2.24) is 4.57 Å². The number of benzene rings is 10. The Labute approximate surface area is 375 Å². The van der Waals surface area contributed by atoms with Gasteiger partial charge in [-0.2, -0.15) is 0 Å². The monoisotopic (exact) mass is 832 g/mol. The second kappa shape index (κ2) is 13.2. The molecule has 0 saturated heterocycles. The molecule has 2 aromatic heterocycles. The Kier molecular flexibility index (Phi) is 7.36. The van der Waals surface area contributed by atoms with Crippen molar-refractivity contribution >= 4 is 81.1 Å². The summed E-state index contributed by atoms with van der Waals surface area (Å²) in [6, 6.07) is 76.9. The number of thiophene rings is 1. The molecule has 0 spiro atoms. The fraction of sp³-hybridized carbons (Fsp3) is 0.0492. The van der Waals surface area contributed by atoms with Gasteiger partial charge < -0.3 is 9.47 Å². The number of fused-ring (bicyclic) bond motifs is 10. The van der Waals surface area contributed by atoms with Crippen LogP contribution in [0.4, 0.5) is 17.1 Å². The van der Waals surface area contributed by atoms with Crippen LogP contribution in [0.2, 0.25) is 0 Å². The van der Waals surface area contributed by atoms with Gasteiger partial charge in [0.25, 0.3) is 0 Å². The van der Waals surface area contributed by atoms with Gasteiger partial charge in [-0.25, -0.2) is 0 Å². The normalized spacial score (nSPS) is 13.3. The molecule has 0 atom stereocenters. The molecule has 0 amide bonds. The summed E-state index contributed by atoms with van der Waals surface area (Å²) < 4.78 is 5.16. The molecule has 300 valence electrons. The van der Waals surface area contributed by atoms with Gasteiger partial charge >= 0.3 is 0 Å². The van der Waals surface area contributed by atoms with Gasteiger partial charge in [-0.3, -0.25) is 0 Å². The molecule has 0 bridgehead atoms. The highest BCUT2D eigenvalue weighted by Crippen LogP contribution is 2.55. The zero-order chi connectivity index (χ0) is 42.3. The molecule has 0 saturated carbocycles. The van der Waals surface area contributed by atoms with E-state index in [1.807, 2.05) is 11.3 Å². The van der Waals surface area contributed by atoms with Gasteiger partial charge in [-0.15, -0.1) is 11.3 Å². The standard InChI is InChI=1S/C61H40N2S/c1-61(2)50-21-10-8-17-45(50)46-33-32-43(35-51(46)61)62(40-14-4-3-5-15-40)41-28-23-37(24-29-41)38-25-30-42(31-26-38)63-52-34-27-39-13-12-20-47-44-16-6-7-18-48(44)58-57-49-19-9-11-22-54(49)64-55(57)36-53(63)60(58)59(52)56(39)47/h3-36H,1-2H3. The van der Waals surface area contributed by atoms with Crippen LogP contribution in [0.3, 0.4) is 0 Å². The zero-order valence-electron chi connectivity index (χ0n) is 35.4. The lowest BCUT2D eigenvalue weighted by atomic mass is 9.82. The Balaban J connectivity index is 0.902. The van der Waals surface area contributed by atoms with Crippen molar-refractivity contribution < 1.29 is 0 Å². The van der Waals surface area contributed by atoms with Crippen LogP contribution in [0.5, 0.6) is 0 Å². The highest BCUT2D eigenvalue weighted by Gasteiger charge is 2.36. The SMILES string of the molecule is CC1(C)c2ccccc2-c2ccc(N(c3ccccc3)c3ccc(-c4ccc(-n5c6cc7sc8ccccc8c7c7c6c6c8c(cccc8ccc65)-c5ccccc5-7)cc4)cc3)cc21. The van der Waals surface area contributed by atoms with Crippen LogP contribution < -0.4 is 4.90 Å². The number of rotatable bonds is 5. The maximum atomic E-state index is 2.52. The van der Waals surface area contributed by atoms with E-state index >= 15 is 0 Å². The van der Waals surface area contributed by atoms with Crippen LogP contribution in [0.1, 0.15) is 25.0 Å². The summed E-state index contributed by atoms with van der Waals surface area (Å²) in [6.45, 7) is 4.71. The molecule has 0 radical (unpaired) electrons. The number of hydrogen-bond acceptors (Lipinski definition) is 2. The van der Waals surface area contributed by atoms with Crippen LogP contribution in [-0.2, 0) is 5.41 Å². The van der Waals surface area contributed by atoms with E-state index in [4.69, 9.17) is 0 Å². The second-order valence-corrected chi connectivity index (χ2v) is 19.1. The smallest absolute Gasteiger partial charge is 0.0562 e. The molecule has 10 aromatic carbocycles. The molecule has 3 heteroatoms. The predicted molar refractivity (Wildman–Crippen MR) is 273 cm³/mol. The van der Waals surface area contributed by atoms with Gasteiger partial charge in [-0.05, 0) is 128 Å². The lowest BCUT2D eigenvalue weighted by Gasteiger charge is -2.28.